The number of ether oxygens (including phenoxy) is 1. The van der Waals surface area contributed by atoms with Gasteiger partial charge in [0.1, 0.15) is 5.82 Å². The molecule has 1 aromatic carbocycles. The molecule has 1 saturated heterocycles. The lowest BCUT2D eigenvalue weighted by atomic mass is 10.2. The van der Waals surface area contributed by atoms with Crippen LogP contribution in [0.5, 0.6) is 0 Å². The van der Waals surface area contributed by atoms with E-state index in [1.165, 1.54) is 0 Å². The van der Waals surface area contributed by atoms with Crippen molar-refractivity contribution < 1.29 is 14.3 Å². The van der Waals surface area contributed by atoms with Crippen LogP contribution in [0.4, 0.5) is 16.3 Å². The van der Waals surface area contributed by atoms with E-state index in [-0.39, 0.29) is 12.0 Å². The molecule has 2 heterocycles. The molecule has 0 bridgehead atoms. The molecule has 27 heavy (non-hydrogen) atoms. The highest BCUT2D eigenvalue weighted by Crippen LogP contribution is 2.17. The number of hydrogen-bond donors (Lipinski definition) is 1. The van der Waals surface area contributed by atoms with Gasteiger partial charge in [0.25, 0.3) is 5.91 Å². The van der Waals surface area contributed by atoms with Crippen LogP contribution < -0.4 is 10.2 Å². The second kappa shape index (κ2) is 8.53. The van der Waals surface area contributed by atoms with Crippen molar-refractivity contribution in [3.63, 3.8) is 0 Å². The maximum Gasteiger partial charge on any atom is 0.409 e. The molecule has 1 N–H and O–H groups in total. The normalized spacial score (nSPS) is 14.0. The fourth-order valence-corrected chi connectivity index (χ4v) is 2.95. The van der Waals surface area contributed by atoms with E-state index in [0.717, 1.165) is 17.1 Å². The van der Waals surface area contributed by atoms with Crippen molar-refractivity contribution >= 4 is 23.5 Å². The predicted molar refractivity (Wildman–Crippen MR) is 104 cm³/mol. The van der Waals surface area contributed by atoms with Crippen LogP contribution in [0.25, 0.3) is 0 Å². The third kappa shape index (κ3) is 4.55. The van der Waals surface area contributed by atoms with E-state index < -0.39 is 0 Å². The van der Waals surface area contributed by atoms with Crippen LogP contribution in [0.1, 0.15) is 22.8 Å². The molecule has 0 saturated carbocycles. The second-order valence-corrected chi connectivity index (χ2v) is 6.35. The number of nitrogens with zero attached hydrogens (tertiary/aromatic N) is 3. The van der Waals surface area contributed by atoms with Gasteiger partial charge in [0.05, 0.1) is 12.2 Å². The number of piperazine rings is 1. The summed E-state index contributed by atoms with van der Waals surface area (Å²) < 4.78 is 5.03. The van der Waals surface area contributed by atoms with E-state index in [2.05, 4.69) is 15.2 Å². The van der Waals surface area contributed by atoms with Gasteiger partial charge in [-0.05, 0) is 37.6 Å². The monoisotopic (exact) mass is 368 g/mol. The third-order valence-corrected chi connectivity index (χ3v) is 4.53. The van der Waals surface area contributed by atoms with Crippen molar-refractivity contribution in [2.45, 2.75) is 13.8 Å². The minimum Gasteiger partial charge on any atom is -0.450 e. The molecule has 1 aliphatic rings. The quantitative estimate of drug-likeness (QED) is 0.898. The number of rotatable bonds is 4. The van der Waals surface area contributed by atoms with Crippen LogP contribution in [0, 0.1) is 6.92 Å². The van der Waals surface area contributed by atoms with Crippen molar-refractivity contribution in [2.24, 2.45) is 0 Å². The first-order chi connectivity index (χ1) is 13.1. The lowest BCUT2D eigenvalue weighted by Gasteiger charge is -2.34. The second-order valence-electron chi connectivity index (χ2n) is 6.35. The van der Waals surface area contributed by atoms with Crippen molar-refractivity contribution in [3.8, 4) is 0 Å². The minimum absolute atomic E-state index is 0.185. The molecule has 1 aliphatic heterocycles. The number of aryl methyl sites for hydroxylation is 1. The minimum atomic E-state index is -0.270. The van der Waals surface area contributed by atoms with Crippen LogP contribution in [-0.4, -0.2) is 54.7 Å². The first-order valence-corrected chi connectivity index (χ1v) is 9.08. The van der Waals surface area contributed by atoms with Crippen LogP contribution in [-0.2, 0) is 4.74 Å². The molecule has 2 aromatic rings. The number of benzene rings is 1. The number of aromatic nitrogens is 1. The van der Waals surface area contributed by atoms with E-state index in [0.29, 0.717) is 38.3 Å². The first kappa shape index (κ1) is 18.7. The number of carbonyl (C=O) groups is 2. The number of carbonyl (C=O) groups excluding carboxylic acids is 2. The van der Waals surface area contributed by atoms with Gasteiger partial charge in [0.2, 0.25) is 0 Å². The maximum absolute atomic E-state index is 12.4. The molecule has 7 heteroatoms. The molecule has 142 valence electrons. The zero-order chi connectivity index (χ0) is 19.2. The third-order valence-electron chi connectivity index (χ3n) is 4.53. The Labute approximate surface area is 158 Å². The fourth-order valence-electron chi connectivity index (χ4n) is 2.95. The molecule has 0 atom stereocenters. The van der Waals surface area contributed by atoms with Crippen molar-refractivity contribution in [1.82, 2.24) is 9.88 Å². The Kier molecular flexibility index (Phi) is 5.90. The standard InChI is InChI=1S/C20H24N4O3/c1-3-27-20(26)24-12-10-23(11-13-24)18-9-8-16(14-21-18)19(25)22-17-7-5-4-6-15(17)2/h4-9,14H,3,10-13H2,1-2H3,(H,22,25). The fraction of sp³-hybridized carbons (Fsp3) is 0.350. The van der Waals surface area contributed by atoms with Gasteiger partial charge < -0.3 is 19.9 Å². The molecule has 1 aromatic heterocycles. The SMILES string of the molecule is CCOC(=O)N1CCN(c2ccc(C(=O)Nc3ccccc3C)cn2)CC1. The van der Waals surface area contributed by atoms with Gasteiger partial charge in [-0.3, -0.25) is 4.79 Å². The summed E-state index contributed by atoms with van der Waals surface area (Å²) in [5.74, 6) is 0.612. The maximum atomic E-state index is 12.4. The summed E-state index contributed by atoms with van der Waals surface area (Å²) in [5.41, 5.74) is 2.31. The Morgan fingerprint density at radius 1 is 1.11 bits per heavy atom. The molecular weight excluding hydrogens is 344 g/mol. The summed E-state index contributed by atoms with van der Waals surface area (Å²) in [6.45, 7) is 6.68. The van der Waals surface area contributed by atoms with E-state index in [4.69, 9.17) is 4.74 Å². The number of nitrogens with one attached hydrogen (secondary N) is 1. The van der Waals surface area contributed by atoms with Crippen LogP contribution in [0.3, 0.4) is 0 Å². The van der Waals surface area contributed by atoms with Gasteiger partial charge in [0, 0.05) is 38.1 Å². The highest BCUT2D eigenvalue weighted by atomic mass is 16.6. The number of hydrogen-bond acceptors (Lipinski definition) is 5. The molecule has 3 rings (SSSR count). The summed E-state index contributed by atoms with van der Waals surface area (Å²) >= 11 is 0. The molecule has 0 unspecified atom stereocenters. The number of pyridine rings is 1. The highest BCUT2D eigenvalue weighted by molar-refractivity contribution is 6.04. The summed E-state index contributed by atoms with van der Waals surface area (Å²) in [5, 5.41) is 2.91. The number of para-hydroxylation sites is 1. The number of amides is 2. The van der Waals surface area contributed by atoms with Crippen molar-refractivity contribution in [2.75, 3.05) is 43.0 Å². The van der Waals surface area contributed by atoms with Crippen LogP contribution in [0.2, 0.25) is 0 Å². The Bertz CT molecular complexity index is 799. The zero-order valence-electron chi connectivity index (χ0n) is 15.6. The largest absolute Gasteiger partial charge is 0.450 e. The molecule has 0 spiro atoms. The van der Waals surface area contributed by atoms with Gasteiger partial charge in [-0.2, -0.15) is 0 Å². The molecule has 0 radical (unpaired) electrons. The van der Waals surface area contributed by atoms with E-state index in [1.807, 2.05) is 37.3 Å². The van der Waals surface area contributed by atoms with Gasteiger partial charge in [-0.1, -0.05) is 18.2 Å². The van der Waals surface area contributed by atoms with E-state index >= 15 is 0 Å². The van der Waals surface area contributed by atoms with Crippen LogP contribution in [0.15, 0.2) is 42.6 Å². The molecule has 2 amide bonds. The Morgan fingerprint density at radius 2 is 1.85 bits per heavy atom. The van der Waals surface area contributed by atoms with Crippen LogP contribution >= 0.6 is 0 Å². The van der Waals surface area contributed by atoms with E-state index in [9.17, 15) is 9.59 Å². The van der Waals surface area contributed by atoms with E-state index in [1.54, 1.807) is 24.1 Å². The Balaban J connectivity index is 1.58. The lowest BCUT2D eigenvalue weighted by molar-refractivity contribution is 0.102. The summed E-state index contributed by atoms with van der Waals surface area (Å²) in [7, 11) is 0. The average Bonchev–Trinajstić information content (AvgIpc) is 2.70. The summed E-state index contributed by atoms with van der Waals surface area (Å²) in [4.78, 5) is 32.4. The summed E-state index contributed by atoms with van der Waals surface area (Å²) in [6.07, 6.45) is 1.31. The Morgan fingerprint density at radius 3 is 2.48 bits per heavy atom. The van der Waals surface area contributed by atoms with Crippen molar-refractivity contribution in [3.05, 3.63) is 53.7 Å². The molecule has 7 nitrogen and oxygen atoms in total. The zero-order valence-corrected chi connectivity index (χ0v) is 15.6. The summed E-state index contributed by atoms with van der Waals surface area (Å²) in [6, 6.07) is 11.3. The van der Waals surface area contributed by atoms with Gasteiger partial charge in [0.15, 0.2) is 0 Å². The van der Waals surface area contributed by atoms with Crippen molar-refractivity contribution in [1.29, 1.82) is 0 Å². The molecule has 1 fully saturated rings. The Hall–Kier alpha value is -3.09. The van der Waals surface area contributed by atoms with Gasteiger partial charge in [-0.15, -0.1) is 0 Å². The smallest absolute Gasteiger partial charge is 0.409 e. The van der Waals surface area contributed by atoms with Gasteiger partial charge in [-0.25, -0.2) is 9.78 Å². The average molecular weight is 368 g/mol. The highest BCUT2D eigenvalue weighted by Gasteiger charge is 2.22. The predicted octanol–water partition coefficient (Wildman–Crippen LogP) is 2.92. The first-order valence-electron chi connectivity index (χ1n) is 9.08. The topological polar surface area (TPSA) is 74.8 Å². The lowest BCUT2D eigenvalue weighted by Crippen LogP contribution is -2.49. The number of anilines is 2. The van der Waals surface area contributed by atoms with Gasteiger partial charge >= 0.3 is 6.09 Å². The molecule has 0 aliphatic carbocycles. The molecular formula is C20H24N4O3.